The number of hydrogen-bond donors (Lipinski definition) is 1. The van der Waals surface area contributed by atoms with E-state index in [1.54, 1.807) is 5.56 Å². The van der Waals surface area contributed by atoms with E-state index in [2.05, 4.69) is 28.0 Å². The molecule has 0 bridgehead atoms. The molecule has 2 atom stereocenters. The van der Waals surface area contributed by atoms with E-state index in [0.29, 0.717) is 0 Å². The van der Waals surface area contributed by atoms with Crippen LogP contribution in [-0.4, -0.2) is 61.7 Å². The molecule has 0 saturated carbocycles. The molecule has 3 aliphatic rings. The van der Waals surface area contributed by atoms with Crippen LogP contribution >= 0.6 is 0 Å². The Morgan fingerprint density at radius 1 is 0.903 bits per heavy atom. The Bertz CT molecular complexity index is 650. The van der Waals surface area contributed by atoms with E-state index < -0.39 is 0 Å². The van der Waals surface area contributed by atoms with Crippen molar-refractivity contribution in [3.05, 3.63) is 29.3 Å². The summed E-state index contributed by atoms with van der Waals surface area (Å²) in [5.41, 5.74) is 9.44. The minimum atomic E-state index is 0.260. The monoisotopic (exact) mass is 427 g/mol. The molecule has 2 unspecified atom stereocenters. The predicted octanol–water partition coefficient (Wildman–Crippen LogP) is 4.64. The van der Waals surface area contributed by atoms with Gasteiger partial charge in [-0.2, -0.15) is 0 Å². The first-order chi connectivity index (χ1) is 15.3. The average Bonchev–Trinajstić information content (AvgIpc) is 3.15. The number of fused-ring (bicyclic) bond motifs is 1. The van der Waals surface area contributed by atoms with Gasteiger partial charge in [-0.1, -0.05) is 18.9 Å². The van der Waals surface area contributed by atoms with Gasteiger partial charge in [-0.25, -0.2) is 0 Å². The maximum atomic E-state index is 6.37. The molecule has 4 heteroatoms. The molecule has 2 N–H and O–H groups in total. The van der Waals surface area contributed by atoms with Crippen LogP contribution in [0.5, 0.6) is 5.75 Å². The van der Waals surface area contributed by atoms with Crippen LogP contribution in [0.25, 0.3) is 0 Å². The second-order valence-corrected chi connectivity index (χ2v) is 10.3. The number of nitrogens with zero attached hydrogens (tertiary/aromatic N) is 2. The summed E-state index contributed by atoms with van der Waals surface area (Å²) < 4.78 is 6.09. The van der Waals surface area contributed by atoms with E-state index in [-0.39, 0.29) is 6.04 Å². The van der Waals surface area contributed by atoms with Crippen LogP contribution in [0.2, 0.25) is 0 Å². The highest BCUT2D eigenvalue weighted by Gasteiger charge is 2.22. The quantitative estimate of drug-likeness (QED) is 0.591. The van der Waals surface area contributed by atoms with Crippen LogP contribution < -0.4 is 10.5 Å². The predicted molar refractivity (Wildman–Crippen MR) is 130 cm³/mol. The maximum Gasteiger partial charge on any atom is 0.119 e. The Morgan fingerprint density at radius 3 is 2.45 bits per heavy atom. The number of nitrogens with two attached hydrogens (primary N) is 1. The minimum Gasteiger partial charge on any atom is -0.494 e. The van der Waals surface area contributed by atoms with Crippen molar-refractivity contribution in [3.63, 3.8) is 0 Å². The van der Waals surface area contributed by atoms with Crippen molar-refractivity contribution in [1.82, 2.24) is 9.80 Å². The topological polar surface area (TPSA) is 41.7 Å². The lowest BCUT2D eigenvalue weighted by molar-refractivity contribution is 0.260. The fourth-order valence-electron chi connectivity index (χ4n) is 5.79. The summed E-state index contributed by atoms with van der Waals surface area (Å²) in [6, 6.07) is 7.06. The van der Waals surface area contributed by atoms with E-state index in [0.717, 1.165) is 31.1 Å². The summed E-state index contributed by atoms with van der Waals surface area (Å²) in [4.78, 5) is 5.31. The molecule has 174 valence electrons. The second-order valence-electron chi connectivity index (χ2n) is 10.3. The summed E-state index contributed by atoms with van der Waals surface area (Å²) in [5.74, 6) is 1.87. The lowest BCUT2D eigenvalue weighted by Gasteiger charge is -2.28. The third-order valence-electron chi connectivity index (χ3n) is 7.73. The number of rotatable bonds is 10. The number of aryl methyl sites for hydroxylation is 1. The summed E-state index contributed by atoms with van der Waals surface area (Å²) >= 11 is 0. The van der Waals surface area contributed by atoms with E-state index in [9.17, 15) is 0 Å². The Labute approximate surface area is 190 Å². The van der Waals surface area contributed by atoms with Gasteiger partial charge in [0.15, 0.2) is 0 Å². The van der Waals surface area contributed by atoms with Gasteiger partial charge in [0.05, 0.1) is 6.61 Å². The van der Waals surface area contributed by atoms with Gasteiger partial charge in [-0.3, -0.25) is 0 Å². The first-order valence-corrected chi connectivity index (χ1v) is 13.2. The normalized spacial score (nSPS) is 24.0. The van der Waals surface area contributed by atoms with Crippen molar-refractivity contribution >= 4 is 0 Å². The van der Waals surface area contributed by atoms with Gasteiger partial charge in [0.25, 0.3) is 0 Å². The SMILES string of the molecule is NC(CCCN1CCCCCC1)CCOc1ccc2c(c1)CCC(CN1CCCC1)C2. The molecule has 31 heavy (non-hydrogen) atoms. The molecule has 4 nitrogen and oxygen atoms in total. The molecule has 2 saturated heterocycles. The zero-order chi connectivity index (χ0) is 21.3. The van der Waals surface area contributed by atoms with Gasteiger partial charge >= 0.3 is 0 Å². The van der Waals surface area contributed by atoms with E-state index in [1.165, 1.54) is 109 Å². The summed E-state index contributed by atoms with van der Waals surface area (Å²) in [5, 5.41) is 0. The standard InChI is InChI=1S/C27H45N3O/c28-26(8-7-18-29-14-3-1-2-4-15-29)13-19-31-27-12-11-24-20-23(9-10-25(24)21-27)22-30-16-5-6-17-30/h11-12,21,23,26H,1-10,13-20,22,28H2. The highest BCUT2D eigenvalue weighted by molar-refractivity contribution is 5.37. The first kappa shape index (κ1) is 23.1. The van der Waals surface area contributed by atoms with Crippen molar-refractivity contribution in [2.45, 2.75) is 83.1 Å². The van der Waals surface area contributed by atoms with Gasteiger partial charge in [-0.15, -0.1) is 0 Å². The number of hydrogen-bond acceptors (Lipinski definition) is 4. The highest BCUT2D eigenvalue weighted by Crippen LogP contribution is 2.30. The number of likely N-dealkylation sites (tertiary alicyclic amines) is 2. The average molecular weight is 428 g/mol. The van der Waals surface area contributed by atoms with Crippen molar-refractivity contribution in [3.8, 4) is 5.75 Å². The summed E-state index contributed by atoms with van der Waals surface area (Å²) in [7, 11) is 0. The van der Waals surface area contributed by atoms with Gasteiger partial charge in [-0.05, 0) is 126 Å². The van der Waals surface area contributed by atoms with E-state index in [4.69, 9.17) is 10.5 Å². The fraction of sp³-hybridized carbons (Fsp3) is 0.778. The molecule has 0 amide bonds. The molecule has 2 fully saturated rings. The first-order valence-electron chi connectivity index (χ1n) is 13.2. The van der Waals surface area contributed by atoms with Crippen molar-refractivity contribution in [1.29, 1.82) is 0 Å². The van der Waals surface area contributed by atoms with E-state index >= 15 is 0 Å². The lowest BCUT2D eigenvalue weighted by Crippen LogP contribution is -2.30. The molecule has 0 radical (unpaired) electrons. The number of benzene rings is 1. The van der Waals surface area contributed by atoms with Crippen LogP contribution in [0.3, 0.4) is 0 Å². The second kappa shape index (κ2) is 12.2. The summed E-state index contributed by atoms with van der Waals surface area (Å²) in [6.45, 7) is 8.46. The highest BCUT2D eigenvalue weighted by atomic mass is 16.5. The molecule has 1 aromatic carbocycles. The van der Waals surface area contributed by atoms with Crippen LogP contribution in [0.4, 0.5) is 0 Å². The molecule has 4 rings (SSSR count). The molecule has 2 heterocycles. The molecular formula is C27H45N3O. The van der Waals surface area contributed by atoms with Crippen LogP contribution in [0, 0.1) is 5.92 Å². The van der Waals surface area contributed by atoms with Crippen molar-refractivity contribution in [2.75, 3.05) is 45.9 Å². The summed E-state index contributed by atoms with van der Waals surface area (Å²) in [6.07, 6.45) is 15.4. The van der Waals surface area contributed by atoms with Gasteiger partial charge in [0, 0.05) is 12.6 Å². The molecule has 1 aromatic rings. The van der Waals surface area contributed by atoms with Crippen molar-refractivity contribution in [2.24, 2.45) is 11.7 Å². The Kier molecular flexibility index (Phi) is 9.10. The molecule has 2 aliphatic heterocycles. The third kappa shape index (κ3) is 7.47. The Balaban J connectivity index is 1.12. The fourth-order valence-corrected chi connectivity index (χ4v) is 5.79. The lowest BCUT2D eigenvalue weighted by atomic mass is 9.83. The zero-order valence-corrected chi connectivity index (χ0v) is 19.7. The minimum absolute atomic E-state index is 0.260. The Morgan fingerprint density at radius 2 is 1.65 bits per heavy atom. The van der Waals surface area contributed by atoms with Crippen molar-refractivity contribution < 1.29 is 4.74 Å². The third-order valence-corrected chi connectivity index (χ3v) is 7.73. The van der Waals surface area contributed by atoms with Crippen LogP contribution in [0.15, 0.2) is 18.2 Å². The van der Waals surface area contributed by atoms with Gasteiger partial charge < -0.3 is 20.3 Å². The molecule has 1 aliphatic carbocycles. The van der Waals surface area contributed by atoms with Crippen LogP contribution in [0.1, 0.15) is 75.3 Å². The van der Waals surface area contributed by atoms with Gasteiger partial charge in [0.1, 0.15) is 5.75 Å². The largest absolute Gasteiger partial charge is 0.494 e. The smallest absolute Gasteiger partial charge is 0.119 e. The molecular weight excluding hydrogens is 382 g/mol. The van der Waals surface area contributed by atoms with E-state index in [1.807, 2.05) is 0 Å². The molecule has 0 spiro atoms. The van der Waals surface area contributed by atoms with Crippen LogP contribution in [-0.2, 0) is 12.8 Å². The molecule has 0 aromatic heterocycles. The van der Waals surface area contributed by atoms with Gasteiger partial charge in [0.2, 0.25) is 0 Å². The number of ether oxygens (including phenoxy) is 1. The zero-order valence-electron chi connectivity index (χ0n) is 19.7. The maximum absolute atomic E-state index is 6.37. The Hall–Kier alpha value is -1.10.